The summed E-state index contributed by atoms with van der Waals surface area (Å²) in [6, 6.07) is 16.6. The molecule has 2 aromatic carbocycles. The predicted octanol–water partition coefficient (Wildman–Crippen LogP) is 3.44. The van der Waals surface area contributed by atoms with Crippen LogP contribution in [0, 0.1) is 0 Å². The Morgan fingerprint density at radius 1 is 1.09 bits per heavy atom. The minimum Gasteiger partial charge on any atom is -0.393 e. The van der Waals surface area contributed by atoms with Gasteiger partial charge in [-0.05, 0) is 42.5 Å². The van der Waals surface area contributed by atoms with E-state index in [2.05, 4.69) is 58.1 Å². The number of nitrogens with one attached hydrogen (secondary N) is 3. The monoisotopic (exact) mass is 577 g/mol. The molecule has 2 aliphatic rings. The summed E-state index contributed by atoms with van der Waals surface area (Å²) in [7, 11) is 0. The van der Waals surface area contributed by atoms with Gasteiger partial charge < -0.3 is 21.1 Å². The van der Waals surface area contributed by atoms with Crippen LogP contribution < -0.4 is 16.0 Å². The fraction of sp³-hybridized carbons (Fsp3) is 0.462. The molecule has 4 rings (SSSR count). The van der Waals surface area contributed by atoms with E-state index in [0.29, 0.717) is 19.5 Å². The topological polar surface area (TPSA) is 89.0 Å². The van der Waals surface area contributed by atoms with E-state index in [1.165, 1.54) is 11.1 Å². The molecule has 0 aliphatic carbocycles. The zero-order valence-corrected chi connectivity index (χ0v) is 22.1. The van der Waals surface area contributed by atoms with Crippen molar-refractivity contribution in [3.63, 3.8) is 0 Å². The standard InChI is InChI=1S/C26H35N5O2.HI/c1-2-27-26(29-17-21-15-25(33)30-24-6-4-3-5-23(21)24)28-16-19-7-9-20(10-8-19)18-31-13-11-22(32)12-14-31;/h3-10,21-22,32H,2,11-18H2,1H3,(H,30,33)(H2,27,28,29);1H. The quantitative estimate of drug-likeness (QED) is 0.230. The molecule has 4 N–H and O–H groups in total. The van der Waals surface area contributed by atoms with Gasteiger partial charge in [-0.1, -0.05) is 42.5 Å². The summed E-state index contributed by atoms with van der Waals surface area (Å²) in [5.74, 6) is 0.939. The van der Waals surface area contributed by atoms with Gasteiger partial charge >= 0.3 is 0 Å². The lowest BCUT2D eigenvalue weighted by atomic mass is 9.90. The van der Waals surface area contributed by atoms with Crippen molar-refractivity contribution in [2.24, 2.45) is 4.99 Å². The van der Waals surface area contributed by atoms with Gasteiger partial charge in [-0.15, -0.1) is 24.0 Å². The number of aliphatic imine (C=N–C) groups is 1. The highest BCUT2D eigenvalue weighted by molar-refractivity contribution is 14.0. The Labute approximate surface area is 219 Å². The molecule has 34 heavy (non-hydrogen) atoms. The minimum atomic E-state index is -0.133. The molecule has 0 saturated carbocycles. The molecule has 1 saturated heterocycles. The average Bonchev–Trinajstić information content (AvgIpc) is 2.83. The van der Waals surface area contributed by atoms with Gasteiger partial charge in [0.15, 0.2) is 5.96 Å². The van der Waals surface area contributed by atoms with Gasteiger partial charge in [0, 0.05) is 50.7 Å². The third-order valence-electron chi connectivity index (χ3n) is 6.37. The molecule has 7 nitrogen and oxygen atoms in total. The number of benzene rings is 2. The second-order valence-electron chi connectivity index (χ2n) is 8.94. The Bertz CT molecular complexity index is 958. The fourth-order valence-electron chi connectivity index (χ4n) is 4.50. The van der Waals surface area contributed by atoms with E-state index in [1.807, 2.05) is 18.2 Å². The molecule has 1 fully saturated rings. The molecule has 1 amide bonds. The normalized spacial score (nSPS) is 19.1. The first-order valence-electron chi connectivity index (χ1n) is 12.0. The van der Waals surface area contributed by atoms with Crippen molar-refractivity contribution in [2.75, 3.05) is 31.5 Å². The lowest BCUT2D eigenvalue weighted by molar-refractivity contribution is -0.116. The Morgan fingerprint density at radius 2 is 1.79 bits per heavy atom. The number of anilines is 1. The SMILES string of the molecule is CCNC(=NCc1ccc(CN2CCC(O)CC2)cc1)NCC1CC(=O)Nc2ccccc21.I. The Balaban J connectivity index is 0.00000324. The molecule has 2 aliphatic heterocycles. The van der Waals surface area contributed by atoms with Gasteiger partial charge in [-0.2, -0.15) is 0 Å². The zero-order valence-electron chi connectivity index (χ0n) is 19.8. The number of carbonyl (C=O) groups excluding carboxylic acids is 1. The highest BCUT2D eigenvalue weighted by atomic mass is 127. The zero-order chi connectivity index (χ0) is 23.0. The lowest BCUT2D eigenvalue weighted by Crippen LogP contribution is -2.40. The van der Waals surface area contributed by atoms with Crippen molar-refractivity contribution >= 4 is 41.5 Å². The van der Waals surface area contributed by atoms with Crippen LogP contribution in [0.5, 0.6) is 0 Å². The van der Waals surface area contributed by atoms with Crippen molar-refractivity contribution in [2.45, 2.75) is 51.3 Å². The van der Waals surface area contributed by atoms with E-state index in [9.17, 15) is 9.90 Å². The van der Waals surface area contributed by atoms with E-state index < -0.39 is 0 Å². The van der Waals surface area contributed by atoms with Crippen molar-refractivity contribution in [3.05, 3.63) is 65.2 Å². The Hall–Kier alpha value is -2.17. The molecule has 0 bridgehead atoms. The van der Waals surface area contributed by atoms with Crippen LogP contribution in [0.15, 0.2) is 53.5 Å². The van der Waals surface area contributed by atoms with Crippen LogP contribution in [0.3, 0.4) is 0 Å². The number of nitrogens with zero attached hydrogens (tertiary/aromatic N) is 2. The third kappa shape index (κ3) is 7.41. The smallest absolute Gasteiger partial charge is 0.225 e. The number of halogens is 1. The van der Waals surface area contributed by atoms with Gasteiger partial charge in [-0.25, -0.2) is 4.99 Å². The number of piperidine rings is 1. The molecule has 1 unspecified atom stereocenters. The van der Waals surface area contributed by atoms with Crippen LogP contribution in [-0.4, -0.2) is 54.2 Å². The van der Waals surface area contributed by atoms with Crippen molar-refractivity contribution in [1.29, 1.82) is 0 Å². The van der Waals surface area contributed by atoms with Crippen LogP contribution in [0.25, 0.3) is 0 Å². The second-order valence-corrected chi connectivity index (χ2v) is 8.94. The summed E-state index contributed by atoms with van der Waals surface area (Å²) in [6.45, 7) is 6.91. The summed E-state index contributed by atoms with van der Waals surface area (Å²) in [5.41, 5.74) is 4.52. The highest BCUT2D eigenvalue weighted by Gasteiger charge is 2.24. The van der Waals surface area contributed by atoms with E-state index >= 15 is 0 Å². The molecule has 184 valence electrons. The van der Waals surface area contributed by atoms with Crippen LogP contribution >= 0.6 is 24.0 Å². The maximum absolute atomic E-state index is 12.1. The van der Waals surface area contributed by atoms with Gasteiger partial charge in [0.1, 0.15) is 0 Å². The summed E-state index contributed by atoms with van der Waals surface area (Å²) < 4.78 is 0. The van der Waals surface area contributed by atoms with Crippen molar-refractivity contribution in [3.8, 4) is 0 Å². The maximum Gasteiger partial charge on any atom is 0.225 e. The number of aliphatic hydroxyl groups excluding tert-OH is 1. The number of hydrogen-bond acceptors (Lipinski definition) is 4. The van der Waals surface area contributed by atoms with Crippen molar-refractivity contribution in [1.82, 2.24) is 15.5 Å². The molecule has 1 atom stereocenters. The number of aliphatic hydroxyl groups is 1. The number of para-hydroxylation sites is 1. The van der Waals surface area contributed by atoms with E-state index in [4.69, 9.17) is 4.99 Å². The molecular formula is C26H36IN5O2. The van der Waals surface area contributed by atoms with Crippen LogP contribution in [-0.2, 0) is 17.9 Å². The number of amides is 1. The first kappa shape index (κ1) is 26.4. The van der Waals surface area contributed by atoms with Crippen molar-refractivity contribution < 1.29 is 9.90 Å². The lowest BCUT2D eigenvalue weighted by Gasteiger charge is -2.29. The molecule has 2 heterocycles. The third-order valence-corrected chi connectivity index (χ3v) is 6.37. The van der Waals surface area contributed by atoms with Crippen LogP contribution in [0.4, 0.5) is 5.69 Å². The van der Waals surface area contributed by atoms with E-state index in [0.717, 1.165) is 56.2 Å². The number of hydrogen-bond donors (Lipinski definition) is 4. The first-order chi connectivity index (χ1) is 16.1. The first-order valence-corrected chi connectivity index (χ1v) is 12.0. The molecular weight excluding hydrogens is 541 g/mol. The molecule has 0 aromatic heterocycles. The average molecular weight is 578 g/mol. The van der Waals surface area contributed by atoms with Crippen LogP contribution in [0.1, 0.15) is 48.8 Å². The van der Waals surface area contributed by atoms with E-state index in [-0.39, 0.29) is 41.9 Å². The largest absolute Gasteiger partial charge is 0.393 e. The summed E-state index contributed by atoms with van der Waals surface area (Å²) in [5, 5.41) is 19.4. The van der Waals surface area contributed by atoms with Gasteiger partial charge in [0.25, 0.3) is 0 Å². The summed E-state index contributed by atoms with van der Waals surface area (Å²) in [4.78, 5) is 19.2. The van der Waals surface area contributed by atoms with Gasteiger partial charge in [-0.3, -0.25) is 9.69 Å². The number of likely N-dealkylation sites (tertiary alicyclic amines) is 1. The molecule has 0 radical (unpaired) electrons. The molecule has 2 aromatic rings. The number of carbonyl (C=O) groups is 1. The molecule has 8 heteroatoms. The minimum absolute atomic E-state index is 0. The fourth-order valence-corrected chi connectivity index (χ4v) is 4.50. The second kappa shape index (κ2) is 13.1. The van der Waals surface area contributed by atoms with Gasteiger partial charge in [0.05, 0.1) is 12.6 Å². The Morgan fingerprint density at radius 3 is 2.53 bits per heavy atom. The highest BCUT2D eigenvalue weighted by Crippen LogP contribution is 2.31. The number of rotatable bonds is 7. The number of fused-ring (bicyclic) bond motifs is 1. The Kier molecular flexibility index (Phi) is 10.2. The molecule has 0 spiro atoms. The maximum atomic E-state index is 12.1. The van der Waals surface area contributed by atoms with E-state index in [1.54, 1.807) is 0 Å². The predicted molar refractivity (Wildman–Crippen MR) is 148 cm³/mol. The summed E-state index contributed by atoms with van der Waals surface area (Å²) in [6.07, 6.45) is 2.07. The summed E-state index contributed by atoms with van der Waals surface area (Å²) >= 11 is 0. The van der Waals surface area contributed by atoms with Gasteiger partial charge in [0.2, 0.25) is 5.91 Å². The van der Waals surface area contributed by atoms with Crippen LogP contribution in [0.2, 0.25) is 0 Å². The number of guanidine groups is 1.